The van der Waals surface area contributed by atoms with E-state index in [0.717, 1.165) is 22.4 Å². The minimum absolute atomic E-state index is 0.261. The van der Waals surface area contributed by atoms with Crippen molar-refractivity contribution < 1.29 is 19.0 Å². The number of hydrogen-bond acceptors (Lipinski definition) is 4. The Morgan fingerprint density at radius 3 is 2.71 bits per heavy atom. The number of carbonyl (C=O) groups excluding carboxylic acids is 1. The van der Waals surface area contributed by atoms with Crippen molar-refractivity contribution in [2.45, 2.75) is 12.7 Å². The minimum Gasteiger partial charge on any atom is -0.488 e. The van der Waals surface area contributed by atoms with Crippen LogP contribution in [0.15, 0.2) is 42.5 Å². The molecule has 0 aliphatic carbocycles. The lowest BCUT2D eigenvalue weighted by Gasteiger charge is -2.17. The van der Waals surface area contributed by atoms with Crippen LogP contribution in [-0.2, 0) is 16.1 Å². The fourth-order valence-corrected chi connectivity index (χ4v) is 2.63. The molecule has 4 heteroatoms. The van der Waals surface area contributed by atoms with Gasteiger partial charge in [0.05, 0.1) is 12.7 Å². The van der Waals surface area contributed by atoms with Gasteiger partial charge in [0.1, 0.15) is 18.5 Å². The van der Waals surface area contributed by atoms with Crippen LogP contribution in [0.25, 0.3) is 0 Å². The summed E-state index contributed by atoms with van der Waals surface area (Å²) in [6, 6.07) is 13.3. The van der Waals surface area contributed by atoms with Crippen molar-refractivity contribution >= 4 is 5.97 Å². The summed E-state index contributed by atoms with van der Waals surface area (Å²) in [5, 5.41) is 0. The van der Waals surface area contributed by atoms with Gasteiger partial charge < -0.3 is 14.2 Å². The fraction of sp³-hybridized carbons (Fsp3) is 0.235. The Morgan fingerprint density at radius 1 is 1.14 bits per heavy atom. The molecule has 0 bridgehead atoms. The fourth-order valence-electron chi connectivity index (χ4n) is 2.63. The molecule has 1 heterocycles. The topological polar surface area (TPSA) is 44.8 Å². The molecule has 2 aromatic rings. The molecule has 0 spiro atoms. The molecular formula is C17H16O4. The predicted molar refractivity (Wildman–Crippen MR) is 77.4 cm³/mol. The second-order valence-electron chi connectivity index (χ2n) is 4.85. The average molecular weight is 284 g/mol. The molecule has 2 aromatic carbocycles. The van der Waals surface area contributed by atoms with Gasteiger partial charge in [0.15, 0.2) is 0 Å². The molecule has 0 amide bonds. The van der Waals surface area contributed by atoms with E-state index < -0.39 is 0 Å². The summed E-state index contributed by atoms with van der Waals surface area (Å²) < 4.78 is 16.3. The third-order valence-corrected chi connectivity index (χ3v) is 3.67. The van der Waals surface area contributed by atoms with E-state index in [0.29, 0.717) is 12.2 Å². The van der Waals surface area contributed by atoms with Crippen molar-refractivity contribution in [1.82, 2.24) is 0 Å². The molecule has 0 fully saturated rings. The van der Waals surface area contributed by atoms with Crippen LogP contribution in [-0.4, -0.2) is 20.2 Å². The summed E-state index contributed by atoms with van der Waals surface area (Å²) >= 11 is 0. The molecule has 108 valence electrons. The van der Waals surface area contributed by atoms with Crippen LogP contribution in [0.3, 0.4) is 0 Å². The van der Waals surface area contributed by atoms with E-state index >= 15 is 0 Å². The van der Waals surface area contributed by atoms with Gasteiger partial charge in [-0.25, -0.2) is 4.79 Å². The molecule has 0 saturated carbocycles. The minimum atomic E-state index is -0.370. The van der Waals surface area contributed by atoms with Gasteiger partial charge in [-0.15, -0.1) is 0 Å². The molecule has 21 heavy (non-hydrogen) atoms. The molecular weight excluding hydrogens is 268 g/mol. The van der Waals surface area contributed by atoms with E-state index in [4.69, 9.17) is 14.2 Å². The highest BCUT2D eigenvalue weighted by molar-refractivity contribution is 5.89. The molecule has 3 rings (SSSR count). The highest BCUT2D eigenvalue weighted by Gasteiger charge is 2.25. The van der Waals surface area contributed by atoms with Gasteiger partial charge in [-0.1, -0.05) is 24.3 Å². The maximum Gasteiger partial charge on any atom is 0.337 e. The molecule has 1 unspecified atom stereocenters. The maximum absolute atomic E-state index is 11.7. The first kappa shape index (κ1) is 13.6. The lowest BCUT2D eigenvalue weighted by atomic mass is 9.96. The first-order valence-corrected chi connectivity index (χ1v) is 6.70. The van der Waals surface area contributed by atoms with E-state index in [1.165, 1.54) is 7.11 Å². The number of carbonyl (C=O) groups is 1. The van der Waals surface area contributed by atoms with Crippen molar-refractivity contribution in [1.29, 1.82) is 0 Å². The summed E-state index contributed by atoms with van der Waals surface area (Å²) in [7, 11) is 3.02. The second-order valence-corrected chi connectivity index (χ2v) is 4.85. The Bertz CT molecular complexity index is 678. The van der Waals surface area contributed by atoms with Gasteiger partial charge in [0.2, 0.25) is 0 Å². The highest BCUT2D eigenvalue weighted by Crippen LogP contribution is 2.38. The molecule has 0 aromatic heterocycles. The molecule has 0 N–H and O–H groups in total. The van der Waals surface area contributed by atoms with Gasteiger partial charge >= 0.3 is 5.97 Å². The number of benzene rings is 2. The van der Waals surface area contributed by atoms with Crippen molar-refractivity contribution in [3.63, 3.8) is 0 Å². The third kappa shape index (κ3) is 2.38. The number of ether oxygens (including phenoxy) is 3. The lowest BCUT2D eigenvalue weighted by molar-refractivity contribution is 0.0600. The second kappa shape index (κ2) is 5.58. The summed E-state index contributed by atoms with van der Waals surface area (Å²) in [6.45, 7) is 0.487. The van der Waals surface area contributed by atoms with E-state index in [1.54, 1.807) is 25.3 Å². The third-order valence-electron chi connectivity index (χ3n) is 3.67. The SMILES string of the molecule is COC(=O)c1ccc2c(c1)C(OC)c1ccccc1CO2. The first-order chi connectivity index (χ1) is 10.2. The van der Waals surface area contributed by atoms with Crippen LogP contribution in [0.1, 0.15) is 33.2 Å². The quantitative estimate of drug-likeness (QED) is 0.795. The van der Waals surface area contributed by atoms with Gasteiger partial charge in [-0.05, 0) is 29.3 Å². The van der Waals surface area contributed by atoms with Crippen LogP contribution >= 0.6 is 0 Å². The zero-order chi connectivity index (χ0) is 14.8. The maximum atomic E-state index is 11.7. The Labute approximate surface area is 123 Å². The Kier molecular flexibility index (Phi) is 3.62. The standard InChI is InChI=1S/C17H16O4/c1-19-16-13-6-4-3-5-12(13)10-21-15-8-7-11(9-14(15)16)17(18)20-2/h3-9,16H,10H2,1-2H3. The Hall–Kier alpha value is -2.33. The summed E-state index contributed by atoms with van der Waals surface area (Å²) in [5.41, 5.74) is 3.47. The lowest BCUT2D eigenvalue weighted by Crippen LogP contribution is -2.07. The van der Waals surface area contributed by atoms with Crippen molar-refractivity contribution in [3.8, 4) is 5.75 Å². The Morgan fingerprint density at radius 2 is 1.95 bits per heavy atom. The zero-order valence-corrected chi connectivity index (χ0v) is 12.0. The zero-order valence-electron chi connectivity index (χ0n) is 12.0. The van der Waals surface area contributed by atoms with Crippen LogP contribution in [0.2, 0.25) is 0 Å². The average Bonchev–Trinajstić information content (AvgIpc) is 2.69. The number of esters is 1. The van der Waals surface area contributed by atoms with Gasteiger partial charge in [-0.3, -0.25) is 0 Å². The smallest absolute Gasteiger partial charge is 0.337 e. The van der Waals surface area contributed by atoms with Gasteiger partial charge in [-0.2, -0.15) is 0 Å². The van der Waals surface area contributed by atoms with Crippen LogP contribution in [0, 0.1) is 0 Å². The van der Waals surface area contributed by atoms with Crippen molar-refractivity contribution in [2.24, 2.45) is 0 Å². The summed E-state index contributed by atoms with van der Waals surface area (Å²) in [5.74, 6) is 0.357. The predicted octanol–water partition coefficient (Wildman–Crippen LogP) is 3.10. The van der Waals surface area contributed by atoms with Crippen LogP contribution in [0.4, 0.5) is 0 Å². The first-order valence-electron chi connectivity index (χ1n) is 6.70. The largest absolute Gasteiger partial charge is 0.488 e. The summed E-state index contributed by atoms with van der Waals surface area (Å²) in [4.78, 5) is 11.7. The van der Waals surface area contributed by atoms with E-state index in [-0.39, 0.29) is 12.1 Å². The van der Waals surface area contributed by atoms with Crippen molar-refractivity contribution in [3.05, 3.63) is 64.7 Å². The van der Waals surface area contributed by atoms with Crippen LogP contribution < -0.4 is 4.74 Å². The molecule has 1 aliphatic heterocycles. The number of methoxy groups -OCH3 is 2. The number of rotatable bonds is 2. The summed E-state index contributed by atoms with van der Waals surface area (Å²) in [6.07, 6.45) is -0.261. The molecule has 1 atom stereocenters. The van der Waals surface area contributed by atoms with Gasteiger partial charge in [0, 0.05) is 12.7 Å². The van der Waals surface area contributed by atoms with Crippen molar-refractivity contribution in [2.75, 3.05) is 14.2 Å². The van der Waals surface area contributed by atoms with Crippen LogP contribution in [0.5, 0.6) is 5.75 Å². The Balaban J connectivity index is 2.14. The molecule has 0 saturated heterocycles. The molecule has 4 nitrogen and oxygen atoms in total. The highest BCUT2D eigenvalue weighted by atomic mass is 16.5. The van der Waals surface area contributed by atoms with Gasteiger partial charge in [0.25, 0.3) is 0 Å². The number of fused-ring (bicyclic) bond motifs is 2. The van der Waals surface area contributed by atoms with E-state index in [9.17, 15) is 4.79 Å². The normalized spacial score (nSPS) is 16.2. The molecule has 0 radical (unpaired) electrons. The molecule has 1 aliphatic rings. The van der Waals surface area contributed by atoms with E-state index in [2.05, 4.69) is 0 Å². The monoisotopic (exact) mass is 284 g/mol. The van der Waals surface area contributed by atoms with E-state index in [1.807, 2.05) is 24.3 Å². The number of hydrogen-bond donors (Lipinski definition) is 0.